The lowest BCUT2D eigenvalue weighted by Gasteiger charge is -2.39. The van der Waals surface area contributed by atoms with Gasteiger partial charge in [0, 0.05) is 19.6 Å². The van der Waals surface area contributed by atoms with Crippen LogP contribution in [-0.4, -0.2) is 34.7 Å². The van der Waals surface area contributed by atoms with Crippen molar-refractivity contribution in [3.05, 3.63) is 71.3 Å². The van der Waals surface area contributed by atoms with E-state index in [9.17, 15) is 10.2 Å². The zero-order valence-electron chi connectivity index (χ0n) is 13.7. The first-order valence-corrected chi connectivity index (χ1v) is 8.32. The fourth-order valence-electron chi connectivity index (χ4n) is 3.35. The van der Waals surface area contributed by atoms with E-state index < -0.39 is 11.7 Å². The molecule has 2 aromatic rings. The first-order chi connectivity index (χ1) is 11.1. The average Bonchev–Trinajstić information content (AvgIpc) is 2.58. The summed E-state index contributed by atoms with van der Waals surface area (Å²) in [5.74, 6) is 0. The van der Waals surface area contributed by atoms with Gasteiger partial charge in [0.2, 0.25) is 0 Å². The number of benzene rings is 2. The van der Waals surface area contributed by atoms with Crippen LogP contribution in [0.2, 0.25) is 0 Å². The molecule has 3 heteroatoms. The van der Waals surface area contributed by atoms with Gasteiger partial charge >= 0.3 is 0 Å². The van der Waals surface area contributed by atoms with Crippen molar-refractivity contribution in [2.75, 3.05) is 19.6 Å². The molecule has 0 aromatic heterocycles. The summed E-state index contributed by atoms with van der Waals surface area (Å²) in [6.07, 6.45) is 0.942. The zero-order chi connectivity index (χ0) is 16.3. The molecule has 0 spiro atoms. The molecule has 1 fully saturated rings. The summed E-state index contributed by atoms with van der Waals surface area (Å²) >= 11 is 0. The van der Waals surface area contributed by atoms with Crippen LogP contribution in [0.1, 0.15) is 35.6 Å². The minimum atomic E-state index is -0.736. The Labute approximate surface area is 138 Å². The molecule has 3 nitrogen and oxygen atoms in total. The standard InChI is InChI=1S/C20H25NO2/c1-16-6-5-9-18(14-16)20(23)10-12-21(13-11-20)15-19(22)17-7-3-2-4-8-17/h2-9,14,19,22-23H,10-13,15H2,1H3/t19-/m0/s1. The highest BCUT2D eigenvalue weighted by atomic mass is 16.3. The molecule has 0 radical (unpaired) electrons. The maximum atomic E-state index is 10.9. The van der Waals surface area contributed by atoms with E-state index in [1.807, 2.05) is 42.5 Å². The lowest BCUT2D eigenvalue weighted by molar-refractivity contribution is -0.0345. The van der Waals surface area contributed by atoms with Crippen molar-refractivity contribution >= 4 is 0 Å². The summed E-state index contributed by atoms with van der Waals surface area (Å²) < 4.78 is 0. The van der Waals surface area contributed by atoms with E-state index in [0.29, 0.717) is 19.4 Å². The second-order valence-electron chi connectivity index (χ2n) is 6.63. The Hall–Kier alpha value is -1.68. The number of likely N-dealkylation sites (tertiary alicyclic amines) is 1. The fourth-order valence-corrected chi connectivity index (χ4v) is 3.35. The van der Waals surface area contributed by atoms with Crippen molar-refractivity contribution in [2.24, 2.45) is 0 Å². The van der Waals surface area contributed by atoms with Gasteiger partial charge < -0.3 is 15.1 Å². The van der Waals surface area contributed by atoms with Gasteiger partial charge in [0.15, 0.2) is 0 Å². The van der Waals surface area contributed by atoms with Crippen molar-refractivity contribution in [3.8, 4) is 0 Å². The maximum absolute atomic E-state index is 10.9. The number of β-amino-alcohol motifs (C(OH)–C–C–N with tert-alkyl or cyclic N) is 1. The van der Waals surface area contributed by atoms with Crippen LogP contribution in [0, 0.1) is 6.92 Å². The predicted octanol–water partition coefficient (Wildman–Crippen LogP) is 3.01. The van der Waals surface area contributed by atoms with Gasteiger partial charge in [0.1, 0.15) is 0 Å². The largest absolute Gasteiger partial charge is 0.387 e. The number of aliphatic hydroxyl groups is 2. The van der Waals surface area contributed by atoms with E-state index in [4.69, 9.17) is 0 Å². The van der Waals surface area contributed by atoms with E-state index in [2.05, 4.69) is 24.0 Å². The van der Waals surface area contributed by atoms with Gasteiger partial charge in [-0.2, -0.15) is 0 Å². The molecule has 0 bridgehead atoms. The molecular weight excluding hydrogens is 286 g/mol. The van der Waals surface area contributed by atoms with Crippen LogP contribution in [-0.2, 0) is 5.60 Å². The summed E-state index contributed by atoms with van der Waals surface area (Å²) in [5, 5.41) is 21.3. The van der Waals surface area contributed by atoms with Gasteiger partial charge in [-0.15, -0.1) is 0 Å². The van der Waals surface area contributed by atoms with E-state index >= 15 is 0 Å². The first kappa shape index (κ1) is 16.2. The zero-order valence-corrected chi connectivity index (χ0v) is 13.7. The molecule has 3 rings (SSSR count). The number of aryl methyl sites for hydroxylation is 1. The summed E-state index contributed by atoms with van der Waals surface area (Å²) in [6, 6.07) is 17.9. The highest BCUT2D eigenvalue weighted by molar-refractivity contribution is 5.28. The second-order valence-corrected chi connectivity index (χ2v) is 6.63. The third-order valence-electron chi connectivity index (χ3n) is 4.85. The Bertz CT molecular complexity index is 633. The molecule has 0 saturated carbocycles. The summed E-state index contributed by atoms with van der Waals surface area (Å²) in [4.78, 5) is 2.24. The quantitative estimate of drug-likeness (QED) is 0.912. The van der Waals surface area contributed by atoms with Crippen LogP contribution in [0.4, 0.5) is 0 Å². The first-order valence-electron chi connectivity index (χ1n) is 8.32. The molecule has 23 heavy (non-hydrogen) atoms. The van der Waals surface area contributed by atoms with Crippen LogP contribution in [0.15, 0.2) is 54.6 Å². The van der Waals surface area contributed by atoms with E-state index in [1.165, 1.54) is 5.56 Å². The molecular formula is C20H25NO2. The number of hydrogen-bond donors (Lipinski definition) is 2. The van der Waals surface area contributed by atoms with Crippen LogP contribution < -0.4 is 0 Å². The third-order valence-corrected chi connectivity index (χ3v) is 4.85. The molecule has 1 saturated heterocycles. The van der Waals surface area contributed by atoms with Gasteiger partial charge in [-0.05, 0) is 30.9 Å². The third kappa shape index (κ3) is 3.81. The predicted molar refractivity (Wildman–Crippen MR) is 92.2 cm³/mol. The minimum Gasteiger partial charge on any atom is -0.387 e. The van der Waals surface area contributed by atoms with Crippen LogP contribution in [0.3, 0.4) is 0 Å². The van der Waals surface area contributed by atoms with Gasteiger partial charge in [-0.1, -0.05) is 60.2 Å². The molecule has 0 unspecified atom stereocenters. The Balaban J connectivity index is 1.60. The topological polar surface area (TPSA) is 43.7 Å². The molecule has 0 aliphatic carbocycles. The summed E-state index contributed by atoms with van der Waals surface area (Å²) in [6.45, 7) is 4.27. The lowest BCUT2D eigenvalue weighted by Crippen LogP contribution is -2.44. The SMILES string of the molecule is Cc1cccc(C2(O)CCN(C[C@H](O)c3ccccc3)CC2)c1. The smallest absolute Gasteiger partial charge is 0.0921 e. The normalized spacial score (nSPS) is 19.4. The Morgan fingerprint density at radius 3 is 2.39 bits per heavy atom. The van der Waals surface area contributed by atoms with Crippen molar-refractivity contribution in [1.82, 2.24) is 4.90 Å². The molecule has 2 aromatic carbocycles. The van der Waals surface area contributed by atoms with Crippen molar-refractivity contribution in [1.29, 1.82) is 0 Å². The summed E-state index contributed by atoms with van der Waals surface area (Å²) in [7, 11) is 0. The Kier molecular flexibility index (Phi) is 4.81. The summed E-state index contributed by atoms with van der Waals surface area (Å²) in [5.41, 5.74) is 2.41. The Morgan fingerprint density at radius 1 is 1.04 bits per heavy atom. The fraction of sp³-hybridized carbons (Fsp3) is 0.400. The number of piperidine rings is 1. The molecule has 2 N–H and O–H groups in total. The number of rotatable bonds is 4. The highest BCUT2D eigenvalue weighted by Gasteiger charge is 2.34. The number of aliphatic hydroxyl groups excluding tert-OH is 1. The second kappa shape index (κ2) is 6.83. The number of hydrogen-bond acceptors (Lipinski definition) is 3. The van der Waals surface area contributed by atoms with E-state index in [1.54, 1.807) is 0 Å². The maximum Gasteiger partial charge on any atom is 0.0921 e. The molecule has 1 heterocycles. The van der Waals surface area contributed by atoms with Gasteiger partial charge in [-0.3, -0.25) is 0 Å². The molecule has 0 amide bonds. The van der Waals surface area contributed by atoms with Crippen molar-refractivity contribution in [2.45, 2.75) is 31.5 Å². The molecule has 1 atom stereocenters. The monoisotopic (exact) mass is 311 g/mol. The number of nitrogens with zero attached hydrogens (tertiary/aromatic N) is 1. The van der Waals surface area contributed by atoms with Gasteiger partial charge in [-0.25, -0.2) is 0 Å². The van der Waals surface area contributed by atoms with E-state index in [0.717, 1.165) is 24.2 Å². The highest BCUT2D eigenvalue weighted by Crippen LogP contribution is 2.33. The van der Waals surface area contributed by atoms with Gasteiger partial charge in [0.05, 0.1) is 11.7 Å². The molecule has 122 valence electrons. The van der Waals surface area contributed by atoms with Crippen molar-refractivity contribution < 1.29 is 10.2 Å². The van der Waals surface area contributed by atoms with Crippen LogP contribution in [0.5, 0.6) is 0 Å². The van der Waals surface area contributed by atoms with Gasteiger partial charge in [0.25, 0.3) is 0 Å². The minimum absolute atomic E-state index is 0.471. The Morgan fingerprint density at radius 2 is 1.74 bits per heavy atom. The van der Waals surface area contributed by atoms with Crippen LogP contribution in [0.25, 0.3) is 0 Å². The molecule has 1 aliphatic rings. The van der Waals surface area contributed by atoms with Crippen molar-refractivity contribution in [3.63, 3.8) is 0 Å². The lowest BCUT2D eigenvalue weighted by atomic mass is 9.84. The van der Waals surface area contributed by atoms with Crippen LogP contribution >= 0.6 is 0 Å². The molecule has 1 aliphatic heterocycles. The average molecular weight is 311 g/mol. The van der Waals surface area contributed by atoms with E-state index in [-0.39, 0.29) is 0 Å².